The zero-order chi connectivity index (χ0) is 14.9. The van der Waals surface area contributed by atoms with Crippen molar-refractivity contribution in [2.24, 2.45) is 0 Å². The molecule has 1 aromatic heterocycles. The number of aromatic hydroxyl groups is 1. The Morgan fingerprint density at radius 3 is 2.25 bits per heavy atom. The average Bonchev–Trinajstić information content (AvgIpc) is 2.38. The number of carbonyl (C=O) groups is 1. The van der Waals surface area contributed by atoms with Gasteiger partial charge in [0.2, 0.25) is 0 Å². The minimum absolute atomic E-state index is 0.0630. The van der Waals surface area contributed by atoms with E-state index in [0.29, 0.717) is 6.20 Å². The van der Waals surface area contributed by atoms with E-state index in [1.165, 1.54) is 24.3 Å². The summed E-state index contributed by atoms with van der Waals surface area (Å²) in [5, 5.41) is 17.8. The fraction of sp³-hybridized carbons (Fsp3) is 0.0833. The Morgan fingerprint density at radius 2 is 1.75 bits per heavy atom. The second-order valence-corrected chi connectivity index (χ2v) is 3.81. The second kappa shape index (κ2) is 4.80. The van der Waals surface area contributed by atoms with Crippen LogP contribution in [-0.2, 0) is 6.18 Å². The number of carboxylic acid groups (broad SMARTS) is 1. The fourth-order valence-electron chi connectivity index (χ4n) is 1.50. The molecule has 104 valence electrons. The second-order valence-electron chi connectivity index (χ2n) is 3.81. The van der Waals surface area contributed by atoms with E-state index in [4.69, 9.17) is 10.2 Å². The topological polar surface area (TPSA) is 83.3 Å². The predicted octanol–water partition coefficient (Wildman–Crippen LogP) is 2.57. The molecule has 0 fully saturated rings. The van der Waals surface area contributed by atoms with E-state index in [2.05, 4.69) is 9.97 Å². The van der Waals surface area contributed by atoms with Gasteiger partial charge < -0.3 is 10.2 Å². The lowest BCUT2D eigenvalue weighted by molar-refractivity contribution is -0.141. The zero-order valence-corrected chi connectivity index (χ0v) is 9.72. The van der Waals surface area contributed by atoms with Gasteiger partial charge in [-0.15, -0.1) is 0 Å². The number of rotatable bonds is 2. The Hall–Kier alpha value is -2.64. The van der Waals surface area contributed by atoms with Gasteiger partial charge in [0.25, 0.3) is 0 Å². The van der Waals surface area contributed by atoms with Crippen LogP contribution in [0.25, 0.3) is 11.4 Å². The summed E-state index contributed by atoms with van der Waals surface area (Å²) in [5.74, 6) is -2.09. The van der Waals surface area contributed by atoms with Crippen molar-refractivity contribution in [1.29, 1.82) is 0 Å². The summed E-state index contributed by atoms with van der Waals surface area (Å²) in [7, 11) is 0. The highest BCUT2D eigenvalue weighted by Gasteiger charge is 2.38. The summed E-state index contributed by atoms with van der Waals surface area (Å²) < 4.78 is 38.3. The molecule has 0 aliphatic rings. The number of aromatic nitrogens is 2. The molecular formula is C12H7F3N2O3. The first-order valence-electron chi connectivity index (χ1n) is 5.26. The van der Waals surface area contributed by atoms with E-state index >= 15 is 0 Å². The van der Waals surface area contributed by atoms with Gasteiger partial charge in [0, 0.05) is 11.8 Å². The molecule has 2 rings (SSSR count). The summed E-state index contributed by atoms with van der Waals surface area (Å²) in [5.41, 5.74) is -2.30. The van der Waals surface area contributed by atoms with Crippen LogP contribution >= 0.6 is 0 Å². The molecule has 0 bridgehead atoms. The van der Waals surface area contributed by atoms with E-state index in [-0.39, 0.29) is 17.1 Å². The van der Waals surface area contributed by atoms with E-state index in [1.54, 1.807) is 0 Å². The normalized spacial score (nSPS) is 11.3. The highest BCUT2D eigenvalue weighted by molar-refractivity contribution is 5.89. The molecular weight excluding hydrogens is 277 g/mol. The lowest BCUT2D eigenvalue weighted by Gasteiger charge is -2.10. The van der Waals surface area contributed by atoms with Crippen LogP contribution < -0.4 is 0 Å². The van der Waals surface area contributed by atoms with E-state index in [9.17, 15) is 18.0 Å². The molecule has 0 spiro atoms. The average molecular weight is 284 g/mol. The molecule has 1 heterocycles. The standard InChI is InChI=1S/C12H7F3N2O3/c13-12(14,15)9-8(11(19)20)5-16-10(17-9)6-1-3-7(18)4-2-6/h1-5,18H,(H,19,20). The van der Waals surface area contributed by atoms with Crippen molar-refractivity contribution in [3.05, 3.63) is 41.7 Å². The lowest BCUT2D eigenvalue weighted by Crippen LogP contribution is -2.16. The quantitative estimate of drug-likeness (QED) is 0.885. The van der Waals surface area contributed by atoms with Gasteiger partial charge in [0.05, 0.1) is 0 Å². The molecule has 0 unspecified atom stereocenters. The van der Waals surface area contributed by atoms with Gasteiger partial charge in [-0.05, 0) is 24.3 Å². The molecule has 0 atom stereocenters. The maximum Gasteiger partial charge on any atom is 0.434 e. The van der Waals surface area contributed by atoms with Gasteiger partial charge in [-0.3, -0.25) is 0 Å². The molecule has 0 saturated carbocycles. The maximum atomic E-state index is 12.8. The third-order valence-corrected chi connectivity index (χ3v) is 2.41. The number of benzene rings is 1. The number of hydrogen-bond acceptors (Lipinski definition) is 4. The minimum atomic E-state index is -4.90. The van der Waals surface area contributed by atoms with Crippen LogP contribution in [0.4, 0.5) is 13.2 Å². The van der Waals surface area contributed by atoms with Crippen LogP contribution in [0.2, 0.25) is 0 Å². The molecule has 0 saturated heterocycles. The van der Waals surface area contributed by atoms with Gasteiger partial charge >= 0.3 is 12.1 Å². The number of carboxylic acids is 1. The molecule has 2 aromatic rings. The van der Waals surface area contributed by atoms with Crippen LogP contribution in [-0.4, -0.2) is 26.2 Å². The summed E-state index contributed by atoms with van der Waals surface area (Å²) in [6, 6.07) is 5.17. The third kappa shape index (κ3) is 2.68. The minimum Gasteiger partial charge on any atom is -0.508 e. The lowest BCUT2D eigenvalue weighted by atomic mass is 10.1. The first-order chi connectivity index (χ1) is 9.29. The highest BCUT2D eigenvalue weighted by atomic mass is 19.4. The van der Waals surface area contributed by atoms with Crippen LogP contribution in [0.5, 0.6) is 5.75 Å². The Bertz CT molecular complexity index is 654. The molecule has 0 radical (unpaired) electrons. The molecule has 8 heteroatoms. The summed E-state index contributed by atoms with van der Waals surface area (Å²) in [6.07, 6.45) is -4.29. The summed E-state index contributed by atoms with van der Waals surface area (Å²) in [6.45, 7) is 0. The number of alkyl halides is 3. The van der Waals surface area contributed by atoms with Gasteiger partial charge in [-0.2, -0.15) is 13.2 Å². The maximum absolute atomic E-state index is 12.8. The molecule has 2 N–H and O–H groups in total. The predicted molar refractivity (Wildman–Crippen MR) is 61.1 cm³/mol. The Kier molecular flexibility index (Phi) is 3.31. The van der Waals surface area contributed by atoms with Crippen LogP contribution in [0.15, 0.2) is 30.5 Å². The monoisotopic (exact) mass is 284 g/mol. The number of hydrogen-bond donors (Lipinski definition) is 2. The van der Waals surface area contributed by atoms with Crippen LogP contribution in [0.1, 0.15) is 16.1 Å². The van der Waals surface area contributed by atoms with Gasteiger partial charge in [-0.25, -0.2) is 14.8 Å². The largest absolute Gasteiger partial charge is 0.508 e. The number of phenolic OH excluding ortho intramolecular Hbond substituents is 1. The van der Waals surface area contributed by atoms with Crippen molar-refractivity contribution >= 4 is 5.97 Å². The first-order valence-corrected chi connectivity index (χ1v) is 5.26. The molecule has 0 amide bonds. The van der Waals surface area contributed by atoms with Crippen molar-refractivity contribution in [3.8, 4) is 17.1 Å². The van der Waals surface area contributed by atoms with Crippen molar-refractivity contribution in [2.45, 2.75) is 6.18 Å². The molecule has 5 nitrogen and oxygen atoms in total. The van der Waals surface area contributed by atoms with E-state index in [0.717, 1.165) is 0 Å². The Morgan fingerprint density at radius 1 is 1.15 bits per heavy atom. The molecule has 0 aliphatic heterocycles. The zero-order valence-electron chi connectivity index (χ0n) is 9.72. The smallest absolute Gasteiger partial charge is 0.434 e. The van der Waals surface area contributed by atoms with Gasteiger partial charge in [0.15, 0.2) is 11.5 Å². The van der Waals surface area contributed by atoms with Crippen molar-refractivity contribution in [3.63, 3.8) is 0 Å². The highest BCUT2D eigenvalue weighted by Crippen LogP contribution is 2.31. The number of aromatic carboxylic acids is 1. The molecule has 1 aromatic carbocycles. The number of phenols is 1. The fourth-order valence-corrected chi connectivity index (χ4v) is 1.50. The molecule has 0 aliphatic carbocycles. The summed E-state index contributed by atoms with van der Waals surface area (Å²) >= 11 is 0. The van der Waals surface area contributed by atoms with Gasteiger partial charge in [0.1, 0.15) is 11.3 Å². The number of nitrogens with zero attached hydrogens (tertiary/aromatic N) is 2. The number of halogens is 3. The van der Waals surface area contributed by atoms with E-state index < -0.39 is 23.4 Å². The van der Waals surface area contributed by atoms with Crippen molar-refractivity contribution in [2.75, 3.05) is 0 Å². The Labute approximate surface area is 110 Å². The van der Waals surface area contributed by atoms with Crippen LogP contribution in [0.3, 0.4) is 0 Å². The van der Waals surface area contributed by atoms with Gasteiger partial charge in [-0.1, -0.05) is 0 Å². The van der Waals surface area contributed by atoms with Crippen molar-refractivity contribution < 1.29 is 28.2 Å². The SMILES string of the molecule is O=C(O)c1cnc(-c2ccc(O)cc2)nc1C(F)(F)F. The molecule has 20 heavy (non-hydrogen) atoms. The summed E-state index contributed by atoms with van der Waals surface area (Å²) in [4.78, 5) is 17.6. The first kappa shape index (κ1) is 13.8. The van der Waals surface area contributed by atoms with Crippen molar-refractivity contribution in [1.82, 2.24) is 9.97 Å². The van der Waals surface area contributed by atoms with E-state index in [1.807, 2.05) is 0 Å². The Balaban J connectivity index is 2.58. The third-order valence-electron chi connectivity index (χ3n) is 2.41. The van der Waals surface area contributed by atoms with Crippen LogP contribution in [0, 0.1) is 0 Å².